The molecule has 0 bridgehead atoms. The summed E-state index contributed by atoms with van der Waals surface area (Å²) in [7, 11) is 0. The van der Waals surface area contributed by atoms with E-state index in [-0.39, 0.29) is 24.0 Å². The van der Waals surface area contributed by atoms with Gasteiger partial charge in [-0.25, -0.2) is 0 Å². The molecule has 2 N–H and O–H groups in total. The van der Waals surface area contributed by atoms with Crippen LogP contribution >= 0.6 is 35.7 Å². The van der Waals surface area contributed by atoms with Crippen molar-refractivity contribution in [1.82, 2.24) is 19.7 Å². The lowest BCUT2D eigenvalue weighted by atomic mass is 10.2. The molecule has 0 aliphatic heterocycles. The molecule has 0 saturated heterocycles. The third-order valence-electron chi connectivity index (χ3n) is 4.53. The standard InChI is InChI=1S/C16H30N6S.HI/c1-4-21(5-2)15(17)18-12-8-11-14-19-20-16(23-3)22(14)13-9-6-7-10-13;/h13H,4-12H2,1-3H3,(H2,17,18);1H. The molecule has 138 valence electrons. The van der Waals surface area contributed by atoms with Crippen LogP contribution in [0.15, 0.2) is 10.1 Å². The minimum Gasteiger partial charge on any atom is -0.370 e. The number of guanidine groups is 1. The van der Waals surface area contributed by atoms with Gasteiger partial charge in [-0.1, -0.05) is 24.6 Å². The molecule has 24 heavy (non-hydrogen) atoms. The van der Waals surface area contributed by atoms with Crippen LogP contribution in [0.1, 0.15) is 57.8 Å². The van der Waals surface area contributed by atoms with Gasteiger partial charge in [0.15, 0.2) is 11.1 Å². The van der Waals surface area contributed by atoms with E-state index in [1.165, 1.54) is 25.7 Å². The lowest BCUT2D eigenvalue weighted by molar-refractivity contribution is 0.455. The highest BCUT2D eigenvalue weighted by Gasteiger charge is 2.23. The van der Waals surface area contributed by atoms with Crippen molar-refractivity contribution in [2.75, 3.05) is 25.9 Å². The maximum Gasteiger partial charge on any atom is 0.191 e. The van der Waals surface area contributed by atoms with Gasteiger partial charge in [0.2, 0.25) is 0 Å². The van der Waals surface area contributed by atoms with Crippen molar-refractivity contribution in [1.29, 1.82) is 0 Å². The number of nitrogens with zero attached hydrogens (tertiary/aromatic N) is 5. The molecule has 1 aromatic heterocycles. The summed E-state index contributed by atoms with van der Waals surface area (Å²) in [6.07, 6.45) is 9.10. The van der Waals surface area contributed by atoms with E-state index in [1.807, 2.05) is 0 Å². The van der Waals surface area contributed by atoms with Crippen LogP contribution in [0.2, 0.25) is 0 Å². The van der Waals surface area contributed by atoms with Crippen molar-refractivity contribution >= 4 is 41.7 Å². The Morgan fingerprint density at radius 1 is 1.29 bits per heavy atom. The van der Waals surface area contributed by atoms with Crippen molar-refractivity contribution in [3.63, 3.8) is 0 Å². The van der Waals surface area contributed by atoms with Crippen LogP contribution < -0.4 is 5.73 Å². The first-order chi connectivity index (χ1) is 11.2. The van der Waals surface area contributed by atoms with Crippen LogP contribution in [0.3, 0.4) is 0 Å². The Bertz CT molecular complexity index is 509. The number of aliphatic imine (C=N–C) groups is 1. The summed E-state index contributed by atoms with van der Waals surface area (Å²) < 4.78 is 2.37. The second kappa shape index (κ2) is 11.2. The molecule has 0 spiro atoms. The molecule has 1 fully saturated rings. The number of thioether (sulfide) groups is 1. The van der Waals surface area contributed by atoms with Gasteiger partial charge in [-0.15, -0.1) is 34.2 Å². The van der Waals surface area contributed by atoms with E-state index >= 15 is 0 Å². The molecular weight excluding hydrogens is 435 g/mol. The minimum absolute atomic E-state index is 0. The third-order valence-corrected chi connectivity index (χ3v) is 5.17. The van der Waals surface area contributed by atoms with Gasteiger partial charge in [-0.2, -0.15) is 0 Å². The highest BCUT2D eigenvalue weighted by Crippen LogP contribution is 2.33. The first-order valence-electron chi connectivity index (χ1n) is 8.73. The van der Waals surface area contributed by atoms with Crippen molar-refractivity contribution in [3.05, 3.63) is 5.82 Å². The molecule has 0 radical (unpaired) electrons. The summed E-state index contributed by atoms with van der Waals surface area (Å²) in [5.41, 5.74) is 6.01. The molecule has 8 heteroatoms. The molecule has 1 aliphatic carbocycles. The lowest BCUT2D eigenvalue weighted by Gasteiger charge is -2.19. The average molecular weight is 466 g/mol. The largest absolute Gasteiger partial charge is 0.370 e. The lowest BCUT2D eigenvalue weighted by Crippen LogP contribution is -2.37. The van der Waals surface area contributed by atoms with E-state index < -0.39 is 0 Å². The van der Waals surface area contributed by atoms with E-state index in [1.54, 1.807) is 11.8 Å². The van der Waals surface area contributed by atoms with Crippen molar-refractivity contribution < 1.29 is 0 Å². The van der Waals surface area contributed by atoms with E-state index in [9.17, 15) is 0 Å². The Labute approximate surface area is 167 Å². The maximum atomic E-state index is 6.01. The molecule has 0 amide bonds. The normalized spacial score (nSPS) is 15.5. The Morgan fingerprint density at radius 3 is 2.54 bits per heavy atom. The quantitative estimate of drug-likeness (QED) is 0.209. The van der Waals surface area contributed by atoms with Gasteiger partial charge in [0.05, 0.1) is 0 Å². The fourth-order valence-corrected chi connectivity index (χ4v) is 3.80. The highest BCUT2D eigenvalue weighted by atomic mass is 127. The van der Waals surface area contributed by atoms with Crippen LogP contribution in [0.4, 0.5) is 0 Å². The molecule has 1 aromatic rings. The Hall–Kier alpha value is -0.510. The zero-order valence-corrected chi connectivity index (χ0v) is 18.2. The fraction of sp³-hybridized carbons (Fsp3) is 0.812. The molecule has 1 aliphatic rings. The summed E-state index contributed by atoms with van der Waals surface area (Å²) in [6.45, 7) is 6.74. The zero-order valence-electron chi connectivity index (χ0n) is 15.1. The van der Waals surface area contributed by atoms with Gasteiger partial charge in [0.1, 0.15) is 5.82 Å². The van der Waals surface area contributed by atoms with Crippen LogP contribution in [-0.4, -0.2) is 51.5 Å². The predicted octanol–water partition coefficient (Wildman–Crippen LogP) is 3.32. The summed E-state index contributed by atoms with van der Waals surface area (Å²) in [4.78, 5) is 6.57. The summed E-state index contributed by atoms with van der Waals surface area (Å²) in [6, 6.07) is 0.590. The molecule has 0 unspecified atom stereocenters. The first kappa shape index (κ1) is 21.5. The Balaban J connectivity index is 0.00000288. The first-order valence-corrected chi connectivity index (χ1v) is 9.96. The van der Waals surface area contributed by atoms with Crippen molar-refractivity contribution in [2.24, 2.45) is 10.7 Å². The van der Waals surface area contributed by atoms with Gasteiger partial charge < -0.3 is 15.2 Å². The summed E-state index contributed by atoms with van der Waals surface area (Å²) in [5, 5.41) is 9.83. The molecular formula is C16H31IN6S. The summed E-state index contributed by atoms with van der Waals surface area (Å²) >= 11 is 1.69. The number of nitrogens with two attached hydrogens (primary N) is 1. The van der Waals surface area contributed by atoms with Gasteiger partial charge in [0.25, 0.3) is 0 Å². The van der Waals surface area contributed by atoms with Gasteiger partial charge >= 0.3 is 0 Å². The third kappa shape index (κ3) is 5.50. The van der Waals surface area contributed by atoms with Crippen LogP contribution in [-0.2, 0) is 6.42 Å². The van der Waals surface area contributed by atoms with E-state index in [0.717, 1.165) is 43.5 Å². The topological polar surface area (TPSA) is 72.3 Å². The molecule has 1 heterocycles. The van der Waals surface area contributed by atoms with Gasteiger partial charge in [-0.3, -0.25) is 4.99 Å². The summed E-state index contributed by atoms with van der Waals surface area (Å²) in [5.74, 6) is 1.76. The Kier molecular flexibility index (Phi) is 10.0. The van der Waals surface area contributed by atoms with Gasteiger partial charge in [-0.05, 0) is 39.4 Å². The van der Waals surface area contributed by atoms with E-state index in [0.29, 0.717) is 12.0 Å². The molecule has 2 rings (SSSR count). The smallest absolute Gasteiger partial charge is 0.191 e. The SMILES string of the molecule is CCN(CC)C(N)=NCCCc1nnc(SC)n1C1CCCC1.I. The fourth-order valence-electron chi connectivity index (χ4n) is 3.22. The molecule has 0 aromatic carbocycles. The van der Waals surface area contributed by atoms with Crippen molar-refractivity contribution in [2.45, 2.75) is 63.6 Å². The number of hydrogen-bond donors (Lipinski definition) is 1. The average Bonchev–Trinajstić information content (AvgIpc) is 3.21. The second-order valence-corrected chi connectivity index (χ2v) is 6.70. The van der Waals surface area contributed by atoms with Crippen LogP contribution in [0, 0.1) is 0 Å². The van der Waals surface area contributed by atoms with Crippen LogP contribution in [0.25, 0.3) is 0 Å². The zero-order chi connectivity index (χ0) is 16.7. The second-order valence-electron chi connectivity index (χ2n) is 5.93. The Morgan fingerprint density at radius 2 is 1.96 bits per heavy atom. The maximum absolute atomic E-state index is 6.01. The monoisotopic (exact) mass is 466 g/mol. The molecule has 0 atom stereocenters. The predicted molar refractivity (Wildman–Crippen MR) is 112 cm³/mol. The number of halogens is 1. The minimum atomic E-state index is 0. The number of aromatic nitrogens is 3. The van der Waals surface area contributed by atoms with Crippen LogP contribution in [0.5, 0.6) is 0 Å². The van der Waals surface area contributed by atoms with Crippen molar-refractivity contribution in [3.8, 4) is 0 Å². The van der Waals surface area contributed by atoms with Gasteiger partial charge in [0, 0.05) is 32.1 Å². The van der Waals surface area contributed by atoms with E-state index in [2.05, 4.69) is 44.8 Å². The van der Waals surface area contributed by atoms with E-state index in [4.69, 9.17) is 5.73 Å². The number of hydrogen-bond acceptors (Lipinski definition) is 4. The number of rotatable bonds is 8. The molecule has 6 nitrogen and oxygen atoms in total. The number of aryl methyl sites for hydroxylation is 1. The highest BCUT2D eigenvalue weighted by molar-refractivity contribution is 14.0. The molecule has 1 saturated carbocycles.